The van der Waals surface area contributed by atoms with Gasteiger partial charge in [-0.15, -0.1) is 10.2 Å². The van der Waals surface area contributed by atoms with Crippen LogP contribution in [0.25, 0.3) is 0 Å². The van der Waals surface area contributed by atoms with Crippen molar-refractivity contribution < 1.29 is 0 Å². The molecule has 1 aromatic heterocycles. The molecular formula is C25H19ClN6S. The molecule has 0 amide bonds. The molecule has 0 unspecified atom stereocenters. The first-order valence-electron chi connectivity index (χ1n) is 10.6. The summed E-state index contributed by atoms with van der Waals surface area (Å²) in [6, 6.07) is 28.0. The van der Waals surface area contributed by atoms with Gasteiger partial charge in [0.2, 0.25) is 5.13 Å². The second-order valence-corrected chi connectivity index (χ2v) is 9.43. The van der Waals surface area contributed by atoms with Crippen molar-refractivity contribution in [3.05, 3.63) is 106 Å². The lowest BCUT2D eigenvalue weighted by Crippen LogP contribution is -2.35. The van der Waals surface area contributed by atoms with Gasteiger partial charge in [-0.25, -0.2) is 0 Å². The summed E-state index contributed by atoms with van der Waals surface area (Å²) in [6.45, 7) is 1.96. The highest BCUT2D eigenvalue weighted by Gasteiger charge is 2.48. The highest BCUT2D eigenvalue weighted by molar-refractivity contribution is 7.15. The summed E-state index contributed by atoms with van der Waals surface area (Å²) in [4.78, 5) is 7.27. The van der Waals surface area contributed by atoms with E-state index < -0.39 is 0 Å². The number of anilines is 2. The third-order valence-corrected chi connectivity index (χ3v) is 6.79. The molecule has 33 heavy (non-hydrogen) atoms. The number of aryl methyl sites for hydroxylation is 1. The lowest BCUT2D eigenvalue weighted by Gasteiger charge is -2.26. The van der Waals surface area contributed by atoms with Gasteiger partial charge in [-0.05, 0) is 36.8 Å². The highest BCUT2D eigenvalue weighted by Crippen LogP contribution is 2.42. The Morgan fingerprint density at radius 1 is 0.848 bits per heavy atom. The van der Waals surface area contributed by atoms with Crippen LogP contribution >= 0.6 is 22.9 Å². The predicted octanol–water partition coefficient (Wildman–Crippen LogP) is 5.71. The van der Waals surface area contributed by atoms with E-state index >= 15 is 0 Å². The zero-order chi connectivity index (χ0) is 22.4. The Hall–Kier alpha value is -3.55. The second kappa shape index (κ2) is 8.10. The zero-order valence-electron chi connectivity index (χ0n) is 17.7. The molecule has 0 saturated carbocycles. The maximum Gasteiger partial charge on any atom is 0.219 e. The molecule has 2 atom stereocenters. The second-order valence-electron chi connectivity index (χ2n) is 7.84. The Balaban J connectivity index is 1.52. The van der Waals surface area contributed by atoms with Crippen LogP contribution < -0.4 is 9.91 Å². The van der Waals surface area contributed by atoms with Gasteiger partial charge in [0.25, 0.3) is 0 Å². The van der Waals surface area contributed by atoms with Crippen LogP contribution in [0.4, 0.5) is 10.8 Å². The minimum Gasteiger partial charge on any atom is -0.254 e. The molecule has 0 N–H and O–H groups in total. The predicted molar refractivity (Wildman–Crippen MR) is 134 cm³/mol. The summed E-state index contributed by atoms with van der Waals surface area (Å²) in [5.41, 5.74) is 3.12. The molecule has 4 aromatic rings. The summed E-state index contributed by atoms with van der Waals surface area (Å²) in [6.07, 6.45) is 0. The Kier molecular flexibility index (Phi) is 4.93. The molecular weight excluding hydrogens is 452 g/mol. The van der Waals surface area contributed by atoms with Crippen molar-refractivity contribution in [3.63, 3.8) is 0 Å². The van der Waals surface area contributed by atoms with Gasteiger partial charge in [0.05, 0.1) is 5.69 Å². The Morgan fingerprint density at radius 2 is 1.55 bits per heavy atom. The van der Waals surface area contributed by atoms with E-state index in [-0.39, 0.29) is 12.1 Å². The van der Waals surface area contributed by atoms with Crippen LogP contribution in [0.15, 0.2) is 95.0 Å². The monoisotopic (exact) mass is 470 g/mol. The number of nitrogens with zero attached hydrogens (tertiary/aromatic N) is 6. The first-order chi connectivity index (χ1) is 16.2. The number of halogens is 1. The number of benzene rings is 3. The Bertz CT molecular complexity index is 1350. The fraction of sp³-hybridized carbons (Fsp3) is 0.120. The third kappa shape index (κ3) is 3.50. The minimum atomic E-state index is -0.203. The first-order valence-corrected chi connectivity index (χ1v) is 11.8. The number of para-hydroxylation sites is 1. The number of amidine groups is 2. The van der Waals surface area contributed by atoms with E-state index in [1.807, 2.05) is 55.5 Å². The zero-order valence-corrected chi connectivity index (χ0v) is 19.3. The van der Waals surface area contributed by atoms with Crippen LogP contribution in [0.2, 0.25) is 5.02 Å². The number of fused-ring (bicyclic) bond motifs is 1. The molecule has 0 aliphatic carbocycles. The normalized spacial score (nSPS) is 19.5. The average Bonchev–Trinajstić information content (AvgIpc) is 3.54. The Morgan fingerprint density at radius 3 is 2.21 bits per heavy atom. The van der Waals surface area contributed by atoms with E-state index in [4.69, 9.17) is 21.7 Å². The largest absolute Gasteiger partial charge is 0.254 e. The SMILES string of the molecule is Cc1nnc(N2C(c3ccccc3)=N[C@@H]3C2=NN(c2ccccc2)[C@@H]3c2ccc(Cl)cc2)s1. The van der Waals surface area contributed by atoms with Crippen LogP contribution in [-0.2, 0) is 0 Å². The minimum absolute atomic E-state index is 0.114. The standard InChI is InChI=1S/C25H19ClN6S/c1-16-28-29-25(33-16)31-23(18-8-4-2-5-9-18)27-21-22(17-12-14-19(26)15-13-17)32(30-24(21)31)20-10-6-3-7-11-20/h2-15,21-22H,1H3/t21-,22+/m0/s1. The van der Waals surface area contributed by atoms with Crippen LogP contribution in [0.5, 0.6) is 0 Å². The number of aliphatic imine (C=N–C) groups is 1. The molecule has 3 heterocycles. The lowest BCUT2D eigenvalue weighted by atomic mass is 9.99. The van der Waals surface area contributed by atoms with E-state index in [0.717, 1.165) is 38.6 Å². The van der Waals surface area contributed by atoms with Crippen molar-refractivity contribution in [3.8, 4) is 0 Å². The van der Waals surface area contributed by atoms with Crippen molar-refractivity contribution in [1.29, 1.82) is 0 Å². The van der Waals surface area contributed by atoms with E-state index in [2.05, 4.69) is 56.5 Å². The first kappa shape index (κ1) is 20.1. The van der Waals surface area contributed by atoms with Gasteiger partial charge in [0.1, 0.15) is 22.9 Å². The molecule has 6 rings (SSSR count). The number of hydrogen-bond donors (Lipinski definition) is 0. The maximum absolute atomic E-state index is 6.20. The van der Waals surface area contributed by atoms with Crippen LogP contribution in [0.1, 0.15) is 22.2 Å². The topological polar surface area (TPSA) is 57.0 Å². The number of rotatable bonds is 4. The molecule has 0 saturated heterocycles. The van der Waals surface area contributed by atoms with Crippen molar-refractivity contribution in [1.82, 2.24) is 10.2 Å². The fourth-order valence-electron chi connectivity index (χ4n) is 4.25. The summed E-state index contributed by atoms with van der Waals surface area (Å²) in [7, 11) is 0. The lowest BCUT2D eigenvalue weighted by molar-refractivity contribution is 0.645. The summed E-state index contributed by atoms with van der Waals surface area (Å²) < 4.78 is 0. The van der Waals surface area contributed by atoms with E-state index in [1.165, 1.54) is 11.3 Å². The molecule has 0 fully saturated rings. The van der Waals surface area contributed by atoms with Crippen LogP contribution in [-0.4, -0.2) is 27.9 Å². The Labute approximate surface area is 200 Å². The molecule has 6 nitrogen and oxygen atoms in total. The number of aromatic nitrogens is 2. The summed E-state index contributed by atoms with van der Waals surface area (Å²) >= 11 is 7.73. The summed E-state index contributed by atoms with van der Waals surface area (Å²) in [5.74, 6) is 1.68. The van der Waals surface area contributed by atoms with Gasteiger partial charge < -0.3 is 0 Å². The molecule has 0 spiro atoms. The van der Waals surface area contributed by atoms with E-state index in [0.29, 0.717) is 5.02 Å². The van der Waals surface area contributed by atoms with Crippen LogP contribution in [0.3, 0.4) is 0 Å². The molecule has 8 heteroatoms. The van der Waals surface area contributed by atoms with Crippen molar-refractivity contribution >= 4 is 45.4 Å². The van der Waals surface area contributed by atoms with Crippen molar-refractivity contribution in [2.45, 2.75) is 19.0 Å². The molecule has 0 bridgehead atoms. The van der Waals surface area contributed by atoms with E-state index in [9.17, 15) is 0 Å². The van der Waals surface area contributed by atoms with Gasteiger partial charge in [0, 0.05) is 10.6 Å². The summed E-state index contributed by atoms with van der Waals surface area (Å²) in [5, 5.41) is 18.2. The van der Waals surface area contributed by atoms with Crippen molar-refractivity contribution in [2.75, 3.05) is 9.91 Å². The van der Waals surface area contributed by atoms with Gasteiger partial charge in [0.15, 0.2) is 5.84 Å². The average molecular weight is 471 g/mol. The number of hydrogen-bond acceptors (Lipinski definition) is 7. The van der Waals surface area contributed by atoms with Crippen molar-refractivity contribution in [2.24, 2.45) is 10.1 Å². The molecule has 2 aliphatic heterocycles. The smallest absolute Gasteiger partial charge is 0.219 e. The molecule has 0 radical (unpaired) electrons. The third-order valence-electron chi connectivity index (χ3n) is 5.71. The molecule has 162 valence electrons. The maximum atomic E-state index is 6.20. The van der Waals surface area contributed by atoms with Gasteiger partial charge in [-0.2, -0.15) is 5.10 Å². The van der Waals surface area contributed by atoms with Gasteiger partial charge in [-0.3, -0.25) is 14.9 Å². The number of hydrazone groups is 1. The van der Waals surface area contributed by atoms with Gasteiger partial charge in [-0.1, -0.05) is 83.6 Å². The van der Waals surface area contributed by atoms with Gasteiger partial charge >= 0.3 is 0 Å². The molecule has 3 aromatic carbocycles. The quantitative estimate of drug-likeness (QED) is 0.383. The fourth-order valence-corrected chi connectivity index (χ4v) is 5.07. The molecule has 2 aliphatic rings. The van der Waals surface area contributed by atoms with Crippen LogP contribution in [0, 0.1) is 6.92 Å². The highest BCUT2D eigenvalue weighted by atomic mass is 35.5. The van der Waals surface area contributed by atoms with E-state index in [1.54, 1.807) is 0 Å².